The Bertz CT molecular complexity index is 279. The van der Waals surface area contributed by atoms with Crippen molar-refractivity contribution >= 4 is 0 Å². The van der Waals surface area contributed by atoms with Crippen LogP contribution in [0.1, 0.15) is 11.7 Å². The molecule has 0 spiro atoms. The van der Waals surface area contributed by atoms with E-state index in [4.69, 9.17) is 14.9 Å². The molecule has 1 fully saturated rings. The van der Waals surface area contributed by atoms with Gasteiger partial charge < -0.3 is 14.9 Å². The first-order valence-electron chi connectivity index (χ1n) is 3.41. The summed E-state index contributed by atoms with van der Waals surface area (Å²) in [5.41, 5.74) is 0.917. The summed E-state index contributed by atoms with van der Waals surface area (Å²) >= 11 is 0. The number of benzene rings is 1. The smallest absolute Gasteiger partial charge is 0.157 e. The average molecular weight is 152 g/mol. The van der Waals surface area contributed by atoms with E-state index in [1.54, 1.807) is 6.07 Å². The highest BCUT2D eigenvalue weighted by Crippen LogP contribution is 2.34. The maximum absolute atomic E-state index is 9.07. The van der Waals surface area contributed by atoms with Gasteiger partial charge in [-0.1, -0.05) is 6.07 Å². The van der Waals surface area contributed by atoms with Crippen molar-refractivity contribution in [3.05, 3.63) is 23.8 Å². The lowest BCUT2D eigenvalue weighted by Gasteiger charge is -1.98. The lowest BCUT2D eigenvalue weighted by atomic mass is 10.1. The molecule has 0 saturated carbocycles. The van der Waals surface area contributed by atoms with E-state index in [1.165, 1.54) is 12.1 Å². The number of epoxide rings is 1. The molecule has 3 nitrogen and oxygen atoms in total. The van der Waals surface area contributed by atoms with Gasteiger partial charge in [0, 0.05) is 0 Å². The Balaban J connectivity index is 2.36. The Morgan fingerprint density at radius 2 is 2.00 bits per heavy atom. The molecule has 2 N–H and O–H groups in total. The highest BCUT2D eigenvalue weighted by atomic mass is 16.6. The lowest BCUT2D eigenvalue weighted by molar-refractivity contribution is 0.397. The second-order valence-corrected chi connectivity index (χ2v) is 2.57. The first-order chi connectivity index (χ1) is 5.27. The number of hydrogen-bond acceptors (Lipinski definition) is 3. The van der Waals surface area contributed by atoms with Crippen LogP contribution in [0.25, 0.3) is 0 Å². The number of rotatable bonds is 1. The predicted octanol–water partition coefficient (Wildman–Crippen LogP) is 1.17. The average Bonchev–Trinajstić information content (AvgIpc) is 2.77. The summed E-state index contributed by atoms with van der Waals surface area (Å²) in [4.78, 5) is 0. The molecule has 1 aliphatic heterocycles. The number of ether oxygens (including phenoxy) is 1. The molecule has 0 amide bonds. The largest absolute Gasteiger partial charge is 0.504 e. The highest BCUT2D eigenvalue weighted by Gasteiger charge is 2.25. The third-order valence-corrected chi connectivity index (χ3v) is 1.70. The van der Waals surface area contributed by atoms with E-state index >= 15 is 0 Å². The molecule has 1 unspecified atom stereocenters. The zero-order valence-electron chi connectivity index (χ0n) is 5.82. The maximum Gasteiger partial charge on any atom is 0.157 e. The van der Waals surface area contributed by atoms with Crippen molar-refractivity contribution < 1.29 is 14.9 Å². The Morgan fingerprint density at radius 3 is 2.55 bits per heavy atom. The lowest BCUT2D eigenvalue weighted by Crippen LogP contribution is -1.78. The van der Waals surface area contributed by atoms with Crippen molar-refractivity contribution in [2.75, 3.05) is 6.61 Å². The van der Waals surface area contributed by atoms with Crippen LogP contribution in [0.3, 0.4) is 0 Å². The van der Waals surface area contributed by atoms with Crippen molar-refractivity contribution in [2.45, 2.75) is 6.10 Å². The maximum atomic E-state index is 9.07. The van der Waals surface area contributed by atoms with Gasteiger partial charge in [-0.25, -0.2) is 0 Å². The topological polar surface area (TPSA) is 53.0 Å². The van der Waals surface area contributed by atoms with Crippen molar-refractivity contribution in [3.8, 4) is 11.5 Å². The minimum atomic E-state index is -0.0885. The standard InChI is InChI=1S/C8H8O3/c9-6-2-1-5(3-7(6)10)8-4-11-8/h1-3,8-10H,4H2. The highest BCUT2D eigenvalue weighted by molar-refractivity contribution is 5.41. The summed E-state index contributed by atoms with van der Waals surface area (Å²) < 4.78 is 5.00. The van der Waals surface area contributed by atoms with Crippen LogP contribution in [0.2, 0.25) is 0 Å². The molecule has 1 aliphatic rings. The van der Waals surface area contributed by atoms with Crippen LogP contribution in [0.4, 0.5) is 0 Å². The zero-order valence-corrected chi connectivity index (χ0v) is 5.82. The Labute approximate surface area is 63.9 Å². The fourth-order valence-electron chi connectivity index (χ4n) is 0.981. The van der Waals surface area contributed by atoms with Crippen LogP contribution in [-0.4, -0.2) is 16.8 Å². The fourth-order valence-corrected chi connectivity index (χ4v) is 0.981. The first-order valence-corrected chi connectivity index (χ1v) is 3.41. The normalized spacial score (nSPS) is 21.6. The Morgan fingerprint density at radius 1 is 1.27 bits per heavy atom. The molecule has 0 aliphatic carbocycles. The SMILES string of the molecule is Oc1ccc(C2CO2)cc1O. The quantitative estimate of drug-likeness (QED) is 0.469. The van der Waals surface area contributed by atoms with Gasteiger partial charge in [0.15, 0.2) is 11.5 Å². The van der Waals surface area contributed by atoms with Crippen LogP contribution in [-0.2, 0) is 4.74 Å². The summed E-state index contributed by atoms with van der Waals surface area (Å²) in [5, 5.41) is 18.0. The van der Waals surface area contributed by atoms with Gasteiger partial charge in [-0.15, -0.1) is 0 Å². The summed E-state index contributed by atoms with van der Waals surface area (Å²) in [7, 11) is 0. The van der Waals surface area contributed by atoms with Gasteiger partial charge in [0.2, 0.25) is 0 Å². The van der Waals surface area contributed by atoms with E-state index in [1.807, 2.05) is 0 Å². The molecule has 3 heteroatoms. The van der Waals surface area contributed by atoms with E-state index < -0.39 is 0 Å². The van der Waals surface area contributed by atoms with Crippen LogP contribution < -0.4 is 0 Å². The van der Waals surface area contributed by atoms with Gasteiger partial charge >= 0.3 is 0 Å². The van der Waals surface area contributed by atoms with Crippen molar-refractivity contribution in [1.82, 2.24) is 0 Å². The number of aromatic hydroxyl groups is 2. The summed E-state index contributed by atoms with van der Waals surface area (Å²) in [6.07, 6.45) is 0.126. The molecule has 58 valence electrons. The first kappa shape index (κ1) is 6.49. The molecule has 1 aromatic carbocycles. The van der Waals surface area contributed by atoms with Gasteiger partial charge in [0.25, 0.3) is 0 Å². The molecule has 1 atom stereocenters. The molecule has 2 rings (SSSR count). The predicted molar refractivity (Wildman–Crippen MR) is 38.5 cm³/mol. The second-order valence-electron chi connectivity index (χ2n) is 2.57. The fraction of sp³-hybridized carbons (Fsp3) is 0.250. The van der Waals surface area contributed by atoms with Gasteiger partial charge in [-0.3, -0.25) is 0 Å². The minimum Gasteiger partial charge on any atom is -0.504 e. The third kappa shape index (κ3) is 1.14. The summed E-state index contributed by atoms with van der Waals surface area (Å²) in [6.45, 7) is 0.713. The summed E-state index contributed by atoms with van der Waals surface area (Å²) in [5.74, 6) is -0.174. The Kier molecular flexibility index (Phi) is 1.26. The Hall–Kier alpha value is -1.22. The van der Waals surface area contributed by atoms with Gasteiger partial charge in [0.05, 0.1) is 6.61 Å². The molecule has 1 saturated heterocycles. The monoisotopic (exact) mass is 152 g/mol. The van der Waals surface area contributed by atoms with Crippen LogP contribution >= 0.6 is 0 Å². The van der Waals surface area contributed by atoms with E-state index in [-0.39, 0.29) is 17.6 Å². The van der Waals surface area contributed by atoms with Gasteiger partial charge in [0.1, 0.15) is 6.10 Å². The second kappa shape index (κ2) is 2.13. The van der Waals surface area contributed by atoms with Crippen LogP contribution in [0.5, 0.6) is 11.5 Å². The number of hydrogen-bond donors (Lipinski definition) is 2. The third-order valence-electron chi connectivity index (χ3n) is 1.70. The van der Waals surface area contributed by atoms with Crippen LogP contribution in [0, 0.1) is 0 Å². The van der Waals surface area contributed by atoms with Crippen molar-refractivity contribution in [1.29, 1.82) is 0 Å². The molecule has 1 heterocycles. The van der Waals surface area contributed by atoms with Crippen molar-refractivity contribution in [3.63, 3.8) is 0 Å². The van der Waals surface area contributed by atoms with E-state index in [2.05, 4.69) is 0 Å². The molecule has 0 bridgehead atoms. The number of phenols is 2. The molecular formula is C8H8O3. The van der Waals surface area contributed by atoms with E-state index in [0.717, 1.165) is 5.56 Å². The molecule has 0 radical (unpaired) electrons. The molecule has 11 heavy (non-hydrogen) atoms. The summed E-state index contributed by atoms with van der Waals surface area (Å²) in [6, 6.07) is 4.73. The van der Waals surface area contributed by atoms with Crippen molar-refractivity contribution in [2.24, 2.45) is 0 Å². The molecular weight excluding hydrogens is 144 g/mol. The minimum absolute atomic E-state index is 0.0852. The van der Waals surface area contributed by atoms with Gasteiger partial charge in [-0.2, -0.15) is 0 Å². The molecule has 0 aromatic heterocycles. The van der Waals surface area contributed by atoms with E-state index in [9.17, 15) is 0 Å². The molecule has 1 aromatic rings. The van der Waals surface area contributed by atoms with Gasteiger partial charge in [-0.05, 0) is 17.7 Å². The number of phenolic OH excluding ortho intramolecular Hbond substituents is 2. The van der Waals surface area contributed by atoms with Crippen LogP contribution in [0.15, 0.2) is 18.2 Å². The zero-order chi connectivity index (χ0) is 7.84. The van der Waals surface area contributed by atoms with E-state index in [0.29, 0.717) is 6.61 Å².